The molecule has 0 spiro atoms. The van der Waals surface area contributed by atoms with E-state index in [4.69, 9.17) is 10.00 Å². The van der Waals surface area contributed by atoms with Crippen LogP contribution in [0.5, 0.6) is 0 Å². The third-order valence-electron chi connectivity index (χ3n) is 5.19. The van der Waals surface area contributed by atoms with E-state index in [1.807, 2.05) is 45.0 Å². The number of ether oxygens (including phenoxy) is 1. The topological polar surface area (TPSA) is 87.9 Å². The van der Waals surface area contributed by atoms with Crippen LogP contribution in [-0.2, 0) is 11.2 Å². The van der Waals surface area contributed by atoms with Crippen LogP contribution in [0.1, 0.15) is 56.3 Å². The van der Waals surface area contributed by atoms with Crippen LogP contribution in [-0.4, -0.2) is 21.9 Å². The van der Waals surface area contributed by atoms with Gasteiger partial charge in [0.05, 0.1) is 11.6 Å². The molecule has 0 unspecified atom stereocenters. The van der Waals surface area contributed by atoms with Gasteiger partial charge in [0.2, 0.25) is 0 Å². The summed E-state index contributed by atoms with van der Waals surface area (Å²) in [5, 5.41) is 22.1. The summed E-state index contributed by atoms with van der Waals surface area (Å²) in [7, 11) is 0. The molecule has 0 bridgehead atoms. The summed E-state index contributed by atoms with van der Waals surface area (Å²) >= 11 is 1.39. The normalized spacial score (nSPS) is 15.5. The number of aromatic nitrogens is 2. The number of nitriles is 1. The minimum absolute atomic E-state index is 0.0209. The van der Waals surface area contributed by atoms with Gasteiger partial charge in [0.25, 0.3) is 0 Å². The number of benzene rings is 2. The van der Waals surface area contributed by atoms with Crippen molar-refractivity contribution >= 4 is 17.4 Å². The predicted octanol–water partition coefficient (Wildman–Crippen LogP) is 5.78. The van der Waals surface area contributed by atoms with E-state index < -0.39 is 17.5 Å². The van der Waals surface area contributed by atoms with Crippen LogP contribution in [0, 0.1) is 17.1 Å². The number of fused-ring (bicyclic) bond motifs is 1. The molecule has 1 aliphatic carbocycles. The highest BCUT2D eigenvalue weighted by molar-refractivity contribution is 7.17. The van der Waals surface area contributed by atoms with E-state index in [0.29, 0.717) is 10.6 Å². The lowest BCUT2D eigenvalue weighted by Gasteiger charge is -2.29. The SMILES string of the molecule is CC(C)(C)OC(=O)N[C@@H]1CCCc2c(-c3nnc(-c4ccc(F)c(C#N)c4)s3)cccc21. The smallest absolute Gasteiger partial charge is 0.408 e. The minimum atomic E-state index is -0.557. The molecule has 2 aromatic carbocycles. The predicted molar refractivity (Wildman–Crippen MR) is 121 cm³/mol. The Morgan fingerprint density at radius 2 is 2.03 bits per heavy atom. The Balaban J connectivity index is 1.63. The lowest BCUT2D eigenvalue weighted by Crippen LogP contribution is -2.36. The van der Waals surface area contributed by atoms with Crippen molar-refractivity contribution < 1.29 is 13.9 Å². The Labute approximate surface area is 190 Å². The third kappa shape index (κ3) is 4.63. The molecule has 1 N–H and O–H groups in total. The average Bonchev–Trinajstić information content (AvgIpc) is 3.22. The first-order valence-electron chi connectivity index (χ1n) is 10.4. The lowest BCUT2D eigenvalue weighted by atomic mass is 9.85. The molecule has 0 saturated heterocycles. The molecule has 0 fully saturated rings. The van der Waals surface area contributed by atoms with Gasteiger partial charge >= 0.3 is 6.09 Å². The van der Waals surface area contributed by atoms with Gasteiger partial charge in [-0.05, 0) is 69.4 Å². The summed E-state index contributed by atoms with van der Waals surface area (Å²) in [5.74, 6) is -0.554. The number of hydrogen-bond acceptors (Lipinski definition) is 6. The van der Waals surface area contributed by atoms with Crippen molar-refractivity contribution in [2.45, 2.75) is 51.7 Å². The summed E-state index contributed by atoms with van der Waals surface area (Å²) in [6.07, 6.45) is 2.22. The van der Waals surface area contributed by atoms with E-state index in [0.717, 1.165) is 41.0 Å². The lowest BCUT2D eigenvalue weighted by molar-refractivity contribution is 0.0498. The van der Waals surface area contributed by atoms with E-state index in [1.54, 1.807) is 6.07 Å². The molecule has 0 saturated carbocycles. The summed E-state index contributed by atoms with van der Waals surface area (Å²) in [6.45, 7) is 5.52. The minimum Gasteiger partial charge on any atom is -0.444 e. The zero-order chi connectivity index (χ0) is 22.9. The summed E-state index contributed by atoms with van der Waals surface area (Å²) < 4.78 is 19.1. The highest BCUT2D eigenvalue weighted by Crippen LogP contribution is 2.39. The van der Waals surface area contributed by atoms with Crippen molar-refractivity contribution in [2.24, 2.45) is 0 Å². The number of carbonyl (C=O) groups excluding carboxylic acids is 1. The molecule has 164 valence electrons. The van der Waals surface area contributed by atoms with Crippen LogP contribution in [0.4, 0.5) is 9.18 Å². The Hall–Kier alpha value is -3.31. The fourth-order valence-electron chi connectivity index (χ4n) is 3.84. The molecule has 1 aliphatic rings. The molecular formula is C24H23FN4O2S. The maximum Gasteiger partial charge on any atom is 0.408 e. The van der Waals surface area contributed by atoms with Crippen LogP contribution in [0.2, 0.25) is 0 Å². The van der Waals surface area contributed by atoms with Gasteiger partial charge in [0.15, 0.2) is 0 Å². The number of rotatable bonds is 3. The van der Waals surface area contributed by atoms with Gasteiger partial charge in [-0.1, -0.05) is 29.5 Å². The van der Waals surface area contributed by atoms with Crippen LogP contribution < -0.4 is 5.32 Å². The maximum atomic E-state index is 13.7. The van der Waals surface area contributed by atoms with E-state index in [-0.39, 0.29) is 11.6 Å². The standard InChI is InChI=1S/C24H23FN4O2S/c1-24(2,3)31-23(30)27-20-9-5-6-16-17(20)7-4-8-18(16)22-29-28-21(32-22)14-10-11-19(25)15(12-14)13-26/h4,7-8,10-12,20H,5-6,9H2,1-3H3,(H,27,30)/t20-/m1/s1. The molecule has 0 aliphatic heterocycles. The number of nitrogens with one attached hydrogen (secondary N) is 1. The molecule has 8 heteroatoms. The van der Waals surface area contributed by atoms with Crippen molar-refractivity contribution in [2.75, 3.05) is 0 Å². The van der Waals surface area contributed by atoms with E-state index >= 15 is 0 Å². The Kier molecular flexibility index (Phi) is 5.94. The Bertz CT molecular complexity index is 1210. The van der Waals surface area contributed by atoms with Crippen LogP contribution in [0.3, 0.4) is 0 Å². The van der Waals surface area contributed by atoms with Crippen molar-refractivity contribution in [3.8, 4) is 27.2 Å². The van der Waals surface area contributed by atoms with Gasteiger partial charge in [-0.2, -0.15) is 5.26 Å². The molecule has 1 atom stereocenters. The fraction of sp³-hybridized carbons (Fsp3) is 0.333. The van der Waals surface area contributed by atoms with Gasteiger partial charge in [-0.25, -0.2) is 9.18 Å². The highest BCUT2D eigenvalue weighted by atomic mass is 32.1. The number of halogens is 1. The van der Waals surface area contributed by atoms with E-state index in [2.05, 4.69) is 15.5 Å². The first-order valence-corrected chi connectivity index (χ1v) is 11.2. The summed E-state index contributed by atoms with van der Waals surface area (Å²) in [4.78, 5) is 12.3. The van der Waals surface area contributed by atoms with Crippen molar-refractivity contribution in [3.05, 3.63) is 58.9 Å². The summed E-state index contributed by atoms with van der Waals surface area (Å²) in [6, 6.07) is 12.1. The van der Waals surface area contributed by atoms with E-state index in [9.17, 15) is 9.18 Å². The van der Waals surface area contributed by atoms with Crippen LogP contribution >= 0.6 is 11.3 Å². The number of amides is 1. The summed E-state index contributed by atoms with van der Waals surface area (Å²) in [5.41, 5.74) is 3.25. The zero-order valence-corrected chi connectivity index (χ0v) is 18.9. The first kappa shape index (κ1) is 21.9. The molecular weight excluding hydrogens is 427 g/mol. The molecule has 6 nitrogen and oxygen atoms in total. The monoisotopic (exact) mass is 450 g/mol. The average molecular weight is 451 g/mol. The second-order valence-corrected chi connectivity index (χ2v) is 9.66. The maximum absolute atomic E-state index is 13.7. The molecule has 1 heterocycles. The van der Waals surface area contributed by atoms with Crippen LogP contribution in [0.25, 0.3) is 21.1 Å². The molecule has 32 heavy (non-hydrogen) atoms. The number of carbonyl (C=O) groups is 1. The van der Waals surface area contributed by atoms with Crippen molar-refractivity contribution in [3.63, 3.8) is 0 Å². The van der Waals surface area contributed by atoms with Crippen LogP contribution in [0.15, 0.2) is 36.4 Å². The number of alkyl carbamates (subject to hydrolysis) is 1. The van der Waals surface area contributed by atoms with Crippen molar-refractivity contribution in [1.82, 2.24) is 15.5 Å². The van der Waals surface area contributed by atoms with Crippen molar-refractivity contribution in [1.29, 1.82) is 5.26 Å². The largest absolute Gasteiger partial charge is 0.444 e. The Morgan fingerprint density at radius 3 is 2.78 bits per heavy atom. The van der Waals surface area contributed by atoms with E-state index in [1.165, 1.54) is 23.5 Å². The molecule has 3 aromatic rings. The van der Waals surface area contributed by atoms with Gasteiger partial charge in [-0.3, -0.25) is 0 Å². The van der Waals surface area contributed by atoms with Gasteiger partial charge < -0.3 is 10.1 Å². The second-order valence-electron chi connectivity index (χ2n) is 8.68. The second kappa shape index (κ2) is 8.67. The van der Waals surface area contributed by atoms with Gasteiger partial charge in [-0.15, -0.1) is 10.2 Å². The fourth-order valence-corrected chi connectivity index (χ4v) is 4.73. The highest BCUT2D eigenvalue weighted by Gasteiger charge is 2.27. The Morgan fingerprint density at radius 1 is 1.25 bits per heavy atom. The molecule has 1 amide bonds. The molecule has 4 rings (SSSR count). The first-order chi connectivity index (χ1) is 15.2. The third-order valence-corrected chi connectivity index (χ3v) is 6.19. The number of hydrogen-bond donors (Lipinski definition) is 1. The quantitative estimate of drug-likeness (QED) is 0.546. The molecule has 1 aromatic heterocycles. The number of nitrogens with zero attached hydrogens (tertiary/aromatic N) is 3. The molecule has 0 radical (unpaired) electrons. The van der Waals surface area contributed by atoms with Gasteiger partial charge in [0, 0.05) is 11.1 Å². The zero-order valence-electron chi connectivity index (χ0n) is 18.1. The van der Waals surface area contributed by atoms with Gasteiger partial charge in [0.1, 0.15) is 27.5 Å².